The first kappa shape index (κ1) is 23.4. The van der Waals surface area contributed by atoms with Crippen LogP contribution in [0.25, 0.3) is 11.1 Å². The number of carbonyl (C=O) groups is 1. The minimum Gasteiger partial charge on any atom is -0.487 e. The fraction of sp³-hybridized carbons (Fsp3) is 0.480. The summed E-state index contributed by atoms with van der Waals surface area (Å²) in [6.07, 6.45) is 4.16. The average Bonchev–Trinajstić information content (AvgIpc) is 2.72. The lowest BCUT2D eigenvalue weighted by atomic mass is 9.82. The van der Waals surface area contributed by atoms with Crippen LogP contribution < -0.4 is 8.92 Å². The van der Waals surface area contributed by atoms with Crippen molar-refractivity contribution < 1.29 is 26.9 Å². The van der Waals surface area contributed by atoms with Gasteiger partial charge in [-0.25, -0.2) is 4.79 Å². The summed E-state index contributed by atoms with van der Waals surface area (Å²) in [5.74, 6) is 1.19. The zero-order valence-electron chi connectivity index (χ0n) is 19.6. The van der Waals surface area contributed by atoms with Crippen molar-refractivity contribution >= 4 is 16.2 Å². The smallest absolute Gasteiger partial charge is 0.410 e. The third-order valence-corrected chi connectivity index (χ3v) is 6.49. The van der Waals surface area contributed by atoms with Crippen molar-refractivity contribution in [1.29, 1.82) is 0 Å². The Morgan fingerprint density at radius 2 is 1.64 bits per heavy atom. The van der Waals surface area contributed by atoms with Crippen LogP contribution in [0.2, 0.25) is 0 Å². The van der Waals surface area contributed by atoms with Crippen molar-refractivity contribution in [2.75, 3.05) is 19.3 Å². The molecule has 1 amide bonds. The quantitative estimate of drug-likeness (QED) is 0.597. The molecule has 2 aromatic carbocycles. The number of likely N-dealkylation sites (tertiary alicyclic amines) is 1. The molecule has 0 aliphatic carbocycles. The van der Waals surface area contributed by atoms with E-state index in [1.54, 1.807) is 17.0 Å². The maximum Gasteiger partial charge on any atom is 0.410 e. The Labute approximate surface area is 195 Å². The van der Waals surface area contributed by atoms with E-state index in [9.17, 15) is 13.2 Å². The monoisotopic (exact) mass is 473 g/mol. The van der Waals surface area contributed by atoms with Gasteiger partial charge in [0, 0.05) is 25.9 Å². The molecule has 0 N–H and O–H groups in total. The molecule has 2 aliphatic heterocycles. The van der Waals surface area contributed by atoms with Crippen LogP contribution in [-0.4, -0.2) is 50.0 Å². The zero-order valence-corrected chi connectivity index (χ0v) is 20.4. The van der Waals surface area contributed by atoms with Crippen LogP contribution in [0.3, 0.4) is 0 Å². The first-order chi connectivity index (χ1) is 15.4. The number of nitrogens with zero attached hydrogens (tertiary/aromatic N) is 1. The second-order valence-corrected chi connectivity index (χ2v) is 11.5. The normalized spacial score (nSPS) is 17.8. The lowest BCUT2D eigenvalue weighted by Crippen LogP contribution is -2.52. The van der Waals surface area contributed by atoms with Gasteiger partial charge in [-0.05, 0) is 74.6 Å². The molecule has 0 radical (unpaired) electrons. The first-order valence-corrected chi connectivity index (χ1v) is 13.0. The maximum atomic E-state index is 12.4. The molecular formula is C25H31NO6S. The van der Waals surface area contributed by atoms with Gasteiger partial charge >= 0.3 is 16.2 Å². The number of piperidine rings is 1. The molecule has 0 aromatic heterocycles. The molecule has 8 heteroatoms. The molecule has 1 saturated heterocycles. The maximum absolute atomic E-state index is 12.4. The minimum absolute atomic E-state index is 0.238. The molecule has 0 bridgehead atoms. The number of amides is 1. The Balaban J connectivity index is 1.41. The molecule has 178 valence electrons. The summed E-state index contributed by atoms with van der Waals surface area (Å²) >= 11 is 0. The van der Waals surface area contributed by atoms with E-state index in [1.165, 1.54) is 0 Å². The summed E-state index contributed by atoms with van der Waals surface area (Å²) in [5, 5.41) is 0. The van der Waals surface area contributed by atoms with E-state index in [-0.39, 0.29) is 11.7 Å². The third kappa shape index (κ3) is 5.79. The largest absolute Gasteiger partial charge is 0.487 e. The number of ether oxygens (including phenoxy) is 2. The summed E-state index contributed by atoms with van der Waals surface area (Å²) in [6, 6.07) is 13.1. The number of fused-ring (bicyclic) bond motifs is 1. The van der Waals surface area contributed by atoms with Gasteiger partial charge in [-0.15, -0.1) is 0 Å². The van der Waals surface area contributed by atoms with Gasteiger partial charge in [-0.2, -0.15) is 8.42 Å². The summed E-state index contributed by atoms with van der Waals surface area (Å²) < 4.78 is 39.5. The number of benzene rings is 2. The van der Waals surface area contributed by atoms with Crippen LogP contribution in [0, 0.1) is 0 Å². The molecule has 2 aromatic rings. The van der Waals surface area contributed by atoms with Gasteiger partial charge in [0.25, 0.3) is 0 Å². The van der Waals surface area contributed by atoms with Crippen LogP contribution in [0.15, 0.2) is 42.5 Å². The lowest BCUT2D eigenvalue weighted by Gasteiger charge is -2.44. The Kier molecular flexibility index (Phi) is 6.07. The zero-order chi connectivity index (χ0) is 23.9. The number of aryl methyl sites for hydroxylation is 1. The highest BCUT2D eigenvalue weighted by molar-refractivity contribution is 7.86. The van der Waals surface area contributed by atoms with Crippen LogP contribution >= 0.6 is 0 Å². The number of hydrogen-bond donors (Lipinski definition) is 0. The molecule has 1 spiro atoms. The molecule has 33 heavy (non-hydrogen) atoms. The van der Waals surface area contributed by atoms with Crippen LogP contribution in [0.1, 0.15) is 45.6 Å². The van der Waals surface area contributed by atoms with E-state index in [2.05, 4.69) is 6.07 Å². The third-order valence-electron chi connectivity index (χ3n) is 6.00. The Bertz CT molecular complexity index is 1130. The molecular weight excluding hydrogens is 442 g/mol. The Morgan fingerprint density at radius 3 is 2.24 bits per heavy atom. The van der Waals surface area contributed by atoms with Crippen molar-refractivity contribution in [2.24, 2.45) is 0 Å². The molecule has 0 unspecified atom stereocenters. The van der Waals surface area contributed by atoms with Crippen LogP contribution in [0.4, 0.5) is 4.79 Å². The van der Waals surface area contributed by atoms with Crippen LogP contribution in [-0.2, 0) is 21.3 Å². The average molecular weight is 474 g/mol. The fourth-order valence-corrected chi connectivity index (χ4v) is 4.81. The summed E-state index contributed by atoms with van der Waals surface area (Å²) in [7, 11) is -3.54. The second-order valence-electron chi connectivity index (χ2n) is 9.89. The van der Waals surface area contributed by atoms with Crippen molar-refractivity contribution in [3.05, 3.63) is 48.0 Å². The first-order valence-electron chi connectivity index (χ1n) is 11.2. The Morgan fingerprint density at radius 1 is 1.00 bits per heavy atom. The van der Waals surface area contributed by atoms with E-state index in [1.807, 2.05) is 45.0 Å². The van der Waals surface area contributed by atoms with Crippen molar-refractivity contribution in [3.63, 3.8) is 0 Å². The summed E-state index contributed by atoms with van der Waals surface area (Å²) in [5.41, 5.74) is 2.44. The van der Waals surface area contributed by atoms with Crippen molar-refractivity contribution in [3.8, 4) is 22.6 Å². The second kappa shape index (κ2) is 8.56. The van der Waals surface area contributed by atoms with E-state index in [4.69, 9.17) is 13.7 Å². The van der Waals surface area contributed by atoms with Gasteiger partial charge in [-0.1, -0.05) is 18.2 Å². The summed E-state index contributed by atoms with van der Waals surface area (Å²) in [4.78, 5) is 14.1. The topological polar surface area (TPSA) is 82.1 Å². The van der Waals surface area contributed by atoms with Gasteiger partial charge in [-0.3, -0.25) is 0 Å². The highest BCUT2D eigenvalue weighted by Crippen LogP contribution is 2.41. The van der Waals surface area contributed by atoms with E-state index >= 15 is 0 Å². The molecule has 0 saturated carbocycles. The van der Waals surface area contributed by atoms with Gasteiger partial charge in [0.05, 0.1) is 6.26 Å². The summed E-state index contributed by atoms with van der Waals surface area (Å²) in [6.45, 7) is 6.89. The van der Waals surface area contributed by atoms with Gasteiger partial charge < -0.3 is 18.6 Å². The number of rotatable bonds is 3. The highest BCUT2D eigenvalue weighted by atomic mass is 32.2. The predicted molar refractivity (Wildman–Crippen MR) is 126 cm³/mol. The molecule has 7 nitrogen and oxygen atoms in total. The molecule has 2 heterocycles. The van der Waals surface area contributed by atoms with Crippen LogP contribution in [0.5, 0.6) is 11.5 Å². The Hall–Kier alpha value is -2.74. The minimum atomic E-state index is -3.54. The van der Waals surface area contributed by atoms with Crippen molar-refractivity contribution in [1.82, 2.24) is 4.90 Å². The van der Waals surface area contributed by atoms with E-state index in [0.717, 1.165) is 54.4 Å². The van der Waals surface area contributed by atoms with E-state index < -0.39 is 15.7 Å². The standard InChI is InChI=1S/C25H31NO6S/c1-24(2,3)31-23(27)26-15-13-25(14-16-26)12-11-20-17-19(7-10-22(20)30-25)18-5-8-21(9-6-18)32-33(4,28)29/h5-10,17H,11-16H2,1-4H3. The van der Waals surface area contributed by atoms with Gasteiger partial charge in [0.2, 0.25) is 0 Å². The molecule has 1 fully saturated rings. The van der Waals surface area contributed by atoms with Crippen molar-refractivity contribution in [2.45, 2.75) is 57.7 Å². The lowest BCUT2D eigenvalue weighted by molar-refractivity contribution is -0.0272. The predicted octanol–water partition coefficient (Wildman–Crippen LogP) is 4.79. The molecule has 2 aliphatic rings. The molecule has 4 rings (SSSR count). The van der Waals surface area contributed by atoms with Gasteiger partial charge in [0.15, 0.2) is 0 Å². The highest BCUT2D eigenvalue weighted by Gasteiger charge is 2.41. The van der Waals surface area contributed by atoms with Gasteiger partial charge in [0.1, 0.15) is 22.7 Å². The SMILES string of the molecule is CC(C)(C)OC(=O)N1CCC2(CCc3cc(-c4ccc(OS(C)(=O)=O)cc4)ccc3O2)CC1. The van der Waals surface area contributed by atoms with E-state index in [0.29, 0.717) is 18.8 Å². The fourth-order valence-electron chi connectivity index (χ4n) is 4.35. The molecule has 0 atom stereocenters. The number of hydrogen-bond acceptors (Lipinski definition) is 6. The number of carbonyl (C=O) groups excluding carboxylic acids is 1.